The Morgan fingerprint density at radius 3 is 2.72 bits per heavy atom. The largest absolute Gasteiger partial charge is 0.496 e. The van der Waals surface area contributed by atoms with Crippen molar-refractivity contribution in [1.82, 2.24) is 15.3 Å². The van der Waals surface area contributed by atoms with E-state index >= 15 is 0 Å². The first-order valence-corrected chi connectivity index (χ1v) is 9.61. The molecule has 0 fully saturated rings. The van der Waals surface area contributed by atoms with Crippen LogP contribution in [0.5, 0.6) is 5.75 Å². The fourth-order valence-corrected chi connectivity index (χ4v) is 3.68. The lowest BCUT2D eigenvalue weighted by Crippen LogP contribution is -2.25. The molecule has 0 aliphatic heterocycles. The van der Waals surface area contributed by atoms with Crippen molar-refractivity contribution >= 4 is 16.8 Å². The first kappa shape index (κ1) is 18.7. The van der Waals surface area contributed by atoms with Crippen LogP contribution < -0.4 is 10.1 Å². The molecule has 2 N–H and O–H groups in total. The van der Waals surface area contributed by atoms with Crippen LogP contribution in [0.25, 0.3) is 10.9 Å². The van der Waals surface area contributed by atoms with E-state index in [1.165, 1.54) is 0 Å². The highest BCUT2D eigenvalue weighted by atomic mass is 16.5. The van der Waals surface area contributed by atoms with Gasteiger partial charge in [0.1, 0.15) is 5.75 Å². The zero-order valence-corrected chi connectivity index (χ0v) is 16.3. The van der Waals surface area contributed by atoms with Gasteiger partial charge < -0.3 is 15.0 Å². The van der Waals surface area contributed by atoms with E-state index < -0.39 is 0 Å². The lowest BCUT2D eigenvalue weighted by Gasteiger charge is -2.20. The summed E-state index contributed by atoms with van der Waals surface area (Å²) in [5, 5.41) is 4.13. The molecule has 1 atom stereocenters. The Morgan fingerprint density at radius 2 is 1.90 bits per heavy atom. The highest BCUT2D eigenvalue weighted by Crippen LogP contribution is 2.37. The van der Waals surface area contributed by atoms with Gasteiger partial charge in [0.2, 0.25) is 5.91 Å². The monoisotopic (exact) mass is 385 g/mol. The number of amides is 1. The minimum absolute atomic E-state index is 0.0185. The average Bonchev–Trinajstić information content (AvgIpc) is 3.21. The smallest absolute Gasteiger partial charge is 0.221 e. The Hall–Kier alpha value is -3.60. The van der Waals surface area contributed by atoms with E-state index in [2.05, 4.69) is 21.4 Å². The minimum atomic E-state index is -0.129. The van der Waals surface area contributed by atoms with Gasteiger partial charge >= 0.3 is 0 Å². The summed E-state index contributed by atoms with van der Waals surface area (Å²) >= 11 is 0. The summed E-state index contributed by atoms with van der Waals surface area (Å²) in [7, 11) is 1.66. The van der Waals surface area contributed by atoms with Crippen molar-refractivity contribution in [2.75, 3.05) is 7.11 Å². The molecule has 0 aliphatic carbocycles. The normalized spacial score (nSPS) is 11.9. The molecular formula is C24H23N3O2. The summed E-state index contributed by atoms with van der Waals surface area (Å²) in [5.74, 6) is 0.633. The third kappa shape index (κ3) is 4.14. The summed E-state index contributed by atoms with van der Waals surface area (Å²) in [6, 6.07) is 19.8. The number of aromatic amines is 1. The Morgan fingerprint density at radius 1 is 1.07 bits per heavy atom. The van der Waals surface area contributed by atoms with Gasteiger partial charge in [0, 0.05) is 53.9 Å². The molecule has 2 aromatic carbocycles. The predicted octanol–water partition coefficient (Wildman–Crippen LogP) is 4.41. The highest BCUT2D eigenvalue weighted by Gasteiger charge is 2.24. The van der Waals surface area contributed by atoms with Crippen molar-refractivity contribution in [3.63, 3.8) is 0 Å². The molecule has 29 heavy (non-hydrogen) atoms. The van der Waals surface area contributed by atoms with E-state index in [1.54, 1.807) is 19.5 Å². The van der Waals surface area contributed by atoms with Crippen LogP contribution in [-0.4, -0.2) is 23.0 Å². The van der Waals surface area contributed by atoms with Gasteiger partial charge in [-0.2, -0.15) is 0 Å². The number of pyridine rings is 1. The summed E-state index contributed by atoms with van der Waals surface area (Å²) in [5.41, 5.74) is 4.11. The lowest BCUT2D eigenvalue weighted by molar-refractivity contribution is -0.121. The second kappa shape index (κ2) is 8.61. The molecule has 4 rings (SSSR count). The third-order valence-corrected chi connectivity index (χ3v) is 5.11. The van der Waals surface area contributed by atoms with Crippen LogP contribution in [0.4, 0.5) is 0 Å². The van der Waals surface area contributed by atoms with Crippen molar-refractivity contribution < 1.29 is 9.53 Å². The molecule has 5 nitrogen and oxygen atoms in total. The number of hydrogen-bond acceptors (Lipinski definition) is 3. The number of H-pyrrole nitrogens is 1. The maximum Gasteiger partial charge on any atom is 0.221 e. The number of methoxy groups -OCH3 is 1. The predicted molar refractivity (Wildman–Crippen MR) is 114 cm³/mol. The molecule has 4 aromatic rings. The third-order valence-electron chi connectivity index (χ3n) is 5.11. The van der Waals surface area contributed by atoms with E-state index in [1.807, 2.05) is 60.8 Å². The molecule has 0 saturated heterocycles. The van der Waals surface area contributed by atoms with Crippen LogP contribution in [0, 0.1) is 0 Å². The van der Waals surface area contributed by atoms with Crippen LogP contribution in [0.2, 0.25) is 0 Å². The van der Waals surface area contributed by atoms with Crippen LogP contribution in [-0.2, 0) is 11.3 Å². The molecule has 0 saturated carbocycles. The van der Waals surface area contributed by atoms with Crippen molar-refractivity contribution in [3.05, 3.63) is 95.9 Å². The molecule has 5 heteroatoms. The Labute approximate surface area is 169 Å². The number of para-hydroxylation sites is 2. The zero-order valence-electron chi connectivity index (χ0n) is 16.3. The number of fused-ring (bicyclic) bond motifs is 1. The van der Waals surface area contributed by atoms with Gasteiger partial charge in [0.15, 0.2) is 0 Å². The lowest BCUT2D eigenvalue weighted by atomic mass is 9.87. The number of nitrogens with zero attached hydrogens (tertiary/aromatic N) is 1. The van der Waals surface area contributed by atoms with Gasteiger partial charge in [-0.1, -0.05) is 42.5 Å². The van der Waals surface area contributed by atoms with Crippen molar-refractivity contribution in [2.45, 2.75) is 18.9 Å². The van der Waals surface area contributed by atoms with Crippen LogP contribution in [0.3, 0.4) is 0 Å². The van der Waals surface area contributed by atoms with Gasteiger partial charge in [-0.05, 0) is 29.3 Å². The van der Waals surface area contributed by atoms with E-state index in [0.29, 0.717) is 13.0 Å². The Balaban J connectivity index is 1.64. The highest BCUT2D eigenvalue weighted by molar-refractivity contribution is 5.86. The van der Waals surface area contributed by atoms with Gasteiger partial charge in [0.05, 0.1) is 7.11 Å². The standard InChI is InChI=1S/C24H23N3O2/c1-29-23-11-5-3-9-19(23)20(21-16-26-22-10-4-2-8-18(21)22)13-24(28)27-15-17-7-6-12-25-14-17/h2-12,14,16,20,26H,13,15H2,1H3,(H,27,28)/t20-/m1/s1. The van der Waals surface area contributed by atoms with Gasteiger partial charge in [-0.3, -0.25) is 9.78 Å². The number of ether oxygens (including phenoxy) is 1. The number of benzene rings is 2. The quantitative estimate of drug-likeness (QED) is 0.495. The molecule has 2 aromatic heterocycles. The maximum absolute atomic E-state index is 12.8. The molecule has 2 heterocycles. The SMILES string of the molecule is COc1ccccc1[C@@H](CC(=O)NCc1cccnc1)c1c[nH]c2ccccc12. The topological polar surface area (TPSA) is 67.0 Å². The van der Waals surface area contributed by atoms with E-state index in [4.69, 9.17) is 4.74 Å². The number of carbonyl (C=O) groups excluding carboxylic acids is 1. The second-order valence-electron chi connectivity index (χ2n) is 6.93. The summed E-state index contributed by atoms with van der Waals surface area (Å²) in [6.07, 6.45) is 5.80. The van der Waals surface area contributed by atoms with E-state index in [0.717, 1.165) is 33.3 Å². The second-order valence-corrected chi connectivity index (χ2v) is 6.93. The van der Waals surface area contributed by atoms with E-state index in [-0.39, 0.29) is 11.8 Å². The first-order valence-electron chi connectivity index (χ1n) is 9.61. The molecule has 0 radical (unpaired) electrons. The van der Waals surface area contributed by atoms with Crippen LogP contribution in [0.1, 0.15) is 29.0 Å². The number of rotatable bonds is 7. The fourth-order valence-electron chi connectivity index (χ4n) is 3.68. The molecular weight excluding hydrogens is 362 g/mol. The number of aromatic nitrogens is 2. The van der Waals surface area contributed by atoms with Crippen LogP contribution in [0.15, 0.2) is 79.3 Å². The minimum Gasteiger partial charge on any atom is -0.496 e. The number of hydrogen-bond donors (Lipinski definition) is 2. The molecule has 0 spiro atoms. The molecule has 0 aliphatic rings. The fraction of sp³-hybridized carbons (Fsp3) is 0.167. The molecule has 0 unspecified atom stereocenters. The van der Waals surface area contributed by atoms with E-state index in [9.17, 15) is 4.79 Å². The zero-order chi connectivity index (χ0) is 20.1. The van der Waals surface area contributed by atoms with Gasteiger partial charge in [-0.15, -0.1) is 0 Å². The van der Waals surface area contributed by atoms with Crippen molar-refractivity contribution in [1.29, 1.82) is 0 Å². The average molecular weight is 385 g/mol. The first-order chi connectivity index (χ1) is 14.3. The summed E-state index contributed by atoms with van der Waals surface area (Å²) < 4.78 is 5.60. The number of nitrogens with one attached hydrogen (secondary N) is 2. The Bertz CT molecular complexity index is 1110. The van der Waals surface area contributed by atoms with Crippen molar-refractivity contribution in [2.24, 2.45) is 0 Å². The molecule has 1 amide bonds. The van der Waals surface area contributed by atoms with Gasteiger partial charge in [0.25, 0.3) is 0 Å². The molecule has 0 bridgehead atoms. The van der Waals surface area contributed by atoms with Gasteiger partial charge in [-0.25, -0.2) is 0 Å². The maximum atomic E-state index is 12.8. The van der Waals surface area contributed by atoms with Crippen LogP contribution >= 0.6 is 0 Å². The Kier molecular flexibility index (Phi) is 5.56. The number of carbonyl (C=O) groups is 1. The summed E-state index contributed by atoms with van der Waals surface area (Å²) in [4.78, 5) is 20.3. The summed E-state index contributed by atoms with van der Waals surface area (Å²) in [6.45, 7) is 0.458. The molecule has 146 valence electrons. The van der Waals surface area contributed by atoms with Crippen molar-refractivity contribution in [3.8, 4) is 5.75 Å².